The predicted octanol–water partition coefficient (Wildman–Crippen LogP) is 5.22. The minimum absolute atomic E-state index is 0.0237. The van der Waals surface area contributed by atoms with Crippen LogP contribution in [0.3, 0.4) is 0 Å². The third-order valence-electron chi connectivity index (χ3n) is 3.03. The fourth-order valence-corrected chi connectivity index (χ4v) is 2.56. The number of nitrogens with one attached hydrogen (secondary N) is 1. The summed E-state index contributed by atoms with van der Waals surface area (Å²) in [4.78, 5) is 0. The molecule has 0 aliphatic heterocycles. The molecule has 21 heavy (non-hydrogen) atoms. The van der Waals surface area contributed by atoms with E-state index in [1.54, 1.807) is 6.92 Å². The molecule has 0 fully saturated rings. The van der Waals surface area contributed by atoms with E-state index < -0.39 is 23.5 Å². The molecule has 6 heteroatoms. The summed E-state index contributed by atoms with van der Waals surface area (Å²) in [6.07, 6.45) is 0. The summed E-state index contributed by atoms with van der Waals surface area (Å²) in [5.41, 5.74) is 0.251. The van der Waals surface area contributed by atoms with Gasteiger partial charge in [0.1, 0.15) is 17.5 Å². The Morgan fingerprint density at radius 1 is 1.05 bits per heavy atom. The van der Waals surface area contributed by atoms with Crippen molar-refractivity contribution >= 4 is 27.5 Å². The molecule has 0 saturated carbocycles. The van der Waals surface area contributed by atoms with E-state index in [9.17, 15) is 13.2 Å². The Balaban J connectivity index is 2.55. The molecule has 0 saturated heterocycles. The average molecular weight is 379 g/mol. The van der Waals surface area contributed by atoms with Crippen LogP contribution < -0.4 is 5.32 Å². The van der Waals surface area contributed by atoms with Crippen LogP contribution in [0.1, 0.15) is 24.1 Å². The number of halogens is 5. The molecule has 0 amide bonds. The number of hydrogen-bond donors (Lipinski definition) is 1. The fraction of sp³-hybridized carbons (Fsp3) is 0.200. The molecular formula is C15H12BrClF3N. The van der Waals surface area contributed by atoms with Gasteiger partial charge in [0.05, 0.1) is 10.5 Å². The van der Waals surface area contributed by atoms with Crippen LogP contribution in [-0.4, -0.2) is 6.54 Å². The van der Waals surface area contributed by atoms with Crippen LogP contribution >= 0.6 is 27.5 Å². The van der Waals surface area contributed by atoms with Crippen molar-refractivity contribution in [2.45, 2.75) is 13.0 Å². The SMILES string of the molecule is CCNC(c1ccc(Cl)cc1F)c1cc(F)c(Br)cc1F. The van der Waals surface area contributed by atoms with E-state index in [2.05, 4.69) is 21.2 Å². The third-order valence-corrected chi connectivity index (χ3v) is 3.88. The summed E-state index contributed by atoms with van der Waals surface area (Å²) in [7, 11) is 0. The highest BCUT2D eigenvalue weighted by molar-refractivity contribution is 9.10. The van der Waals surface area contributed by atoms with Crippen molar-refractivity contribution < 1.29 is 13.2 Å². The Labute approximate surface area is 134 Å². The summed E-state index contributed by atoms with van der Waals surface area (Å²) in [5, 5.41) is 3.20. The monoisotopic (exact) mass is 377 g/mol. The Kier molecular flexibility index (Phi) is 5.30. The second kappa shape index (κ2) is 6.81. The Bertz CT molecular complexity index is 664. The van der Waals surface area contributed by atoms with Crippen LogP contribution in [0.25, 0.3) is 0 Å². The highest BCUT2D eigenvalue weighted by Crippen LogP contribution is 2.30. The Morgan fingerprint density at radius 3 is 2.33 bits per heavy atom. The molecule has 0 bridgehead atoms. The molecular weight excluding hydrogens is 367 g/mol. The van der Waals surface area contributed by atoms with Crippen LogP contribution in [-0.2, 0) is 0 Å². The van der Waals surface area contributed by atoms with Crippen molar-refractivity contribution in [2.75, 3.05) is 6.54 Å². The molecule has 0 aliphatic rings. The molecule has 0 radical (unpaired) electrons. The minimum atomic E-state index is -0.796. The van der Waals surface area contributed by atoms with Gasteiger partial charge in [-0.2, -0.15) is 0 Å². The number of rotatable bonds is 4. The normalized spacial score (nSPS) is 12.5. The first-order valence-corrected chi connectivity index (χ1v) is 7.44. The number of benzene rings is 2. The quantitative estimate of drug-likeness (QED) is 0.719. The molecule has 1 nitrogen and oxygen atoms in total. The topological polar surface area (TPSA) is 12.0 Å². The van der Waals surface area contributed by atoms with E-state index in [-0.39, 0.29) is 20.6 Å². The lowest BCUT2D eigenvalue weighted by molar-refractivity contribution is 0.521. The van der Waals surface area contributed by atoms with Gasteiger partial charge in [-0.15, -0.1) is 0 Å². The third kappa shape index (κ3) is 3.59. The maximum absolute atomic E-state index is 14.1. The molecule has 2 aromatic carbocycles. The second-order valence-electron chi connectivity index (χ2n) is 4.44. The van der Waals surface area contributed by atoms with Crippen LogP contribution in [0.5, 0.6) is 0 Å². The van der Waals surface area contributed by atoms with Crippen molar-refractivity contribution in [2.24, 2.45) is 0 Å². The van der Waals surface area contributed by atoms with Gasteiger partial charge >= 0.3 is 0 Å². The summed E-state index contributed by atoms with van der Waals surface area (Å²) in [6.45, 7) is 2.26. The molecule has 0 aromatic heterocycles. The first kappa shape index (κ1) is 16.3. The van der Waals surface area contributed by atoms with Crippen LogP contribution in [0.2, 0.25) is 5.02 Å². The summed E-state index contributed by atoms with van der Waals surface area (Å²) < 4.78 is 41.9. The van der Waals surface area contributed by atoms with E-state index >= 15 is 0 Å². The number of hydrogen-bond acceptors (Lipinski definition) is 1. The standard InChI is InChI=1S/C15H12BrClF3N/c1-2-21-15(9-4-3-8(17)5-12(9)18)10-6-14(20)11(16)7-13(10)19/h3-7,15,21H,2H2,1H3. The maximum atomic E-state index is 14.1. The summed E-state index contributed by atoms with van der Waals surface area (Å²) in [6, 6.07) is 5.41. The Morgan fingerprint density at radius 2 is 1.71 bits per heavy atom. The maximum Gasteiger partial charge on any atom is 0.137 e. The highest BCUT2D eigenvalue weighted by Gasteiger charge is 2.22. The van der Waals surface area contributed by atoms with Crippen molar-refractivity contribution in [1.82, 2.24) is 5.32 Å². The van der Waals surface area contributed by atoms with Gasteiger partial charge < -0.3 is 5.32 Å². The highest BCUT2D eigenvalue weighted by atomic mass is 79.9. The first-order chi connectivity index (χ1) is 9.93. The van der Waals surface area contributed by atoms with E-state index in [1.807, 2.05) is 0 Å². The predicted molar refractivity (Wildman–Crippen MR) is 81.0 cm³/mol. The summed E-state index contributed by atoms with van der Waals surface area (Å²) in [5.74, 6) is -1.80. The van der Waals surface area contributed by atoms with Gasteiger partial charge in [0.25, 0.3) is 0 Å². The Hall–Kier alpha value is -1.04. The lowest BCUT2D eigenvalue weighted by Gasteiger charge is -2.20. The lowest BCUT2D eigenvalue weighted by Crippen LogP contribution is -2.24. The minimum Gasteiger partial charge on any atom is -0.306 e. The zero-order valence-electron chi connectivity index (χ0n) is 11.1. The van der Waals surface area contributed by atoms with Crippen molar-refractivity contribution in [3.8, 4) is 0 Å². The van der Waals surface area contributed by atoms with Crippen molar-refractivity contribution in [3.63, 3.8) is 0 Å². The van der Waals surface area contributed by atoms with Crippen LogP contribution in [0.4, 0.5) is 13.2 Å². The van der Waals surface area contributed by atoms with Crippen molar-refractivity contribution in [3.05, 3.63) is 68.4 Å². The van der Waals surface area contributed by atoms with E-state index in [1.165, 1.54) is 12.1 Å². The molecule has 2 aromatic rings. The van der Waals surface area contributed by atoms with E-state index in [0.717, 1.165) is 18.2 Å². The summed E-state index contributed by atoms with van der Waals surface area (Å²) >= 11 is 8.64. The van der Waals surface area contributed by atoms with Gasteiger partial charge in [0, 0.05) is 16.1 Å². The molecule has 0 heterocycles. The second-order valence-corrected chi connectivity index (χ2v) is 5.74. The largest absolute Gasteiger partial charge is 0.306 e. The van der Waals surface area contributed by atoms with Crippen LogP contribution in [0, 0.1) is 17.5 Å². The first-order valence-electron chi connectivity index (χ1n) is 6.26. The van der Waals surface area contributed by atoms with Gasteiger partial charge in [-0.1, -0.05) is 24.6 Å². The molecule has 0 aliphatic carbocycles. The van der Waals surface area contributed by atoms with Crippen molar-refractivity contribution in [1.29, 1.82) is 0 Å². The van der Waals surface area contributed by atoms with Gasteiger partial charge in [0.15, 0.2) is 0 Å². The molecule has 2 rings (SSSR count). The van der Waals surface area contributed by atoms with E-state index in [0.29, 0.717) is 6.54 Å². The molecule has 112 valence electrons. The molecule has 1 N–H and O–H groups in total. The zero-order chi connectivity index (χ0) is 15.6. The van der Waals surface area contributed by atoms with Crippen LogP contribution in [0.15, 0.2) is 34.8 Å². The molecule has 1 atom stereocenters. The van der Waals surface area contributed by atoms with Gasteiger partial charge in [-0.05, 0) is 46.7 Å². The lowest BCUT2D eigenvalue weighted by atomic mass is 9.97. The zero-order valence-corrected chi connectivity index (χ0v) is 13.4. The van der Waals surface area contributed by atoms with Gasteiger partial charge in [-0.25, -0.2) is 13.2 Å². The van der Waals surface area contributed by atoms with E-state index in [4.69, 9.17) is 11.6 Å². The average Bonchev–Trinajstić information content (AvgIpc) is 2.41. The molecule has 1 unspecified atom stereocenters. The van der Waals surface area contributed by atoms with Gasteiger partial charge in [-0.3, -0.25) is 0 Å². The smallest absolute Gasteiger partial charge is 0.137 e. The van der Waals surface area contributed by atoms with Gasteiger partial charge in [0.2, 0.25) is 0 Å². The fourth-order valence-electron chi connectivity index (χ4n) is 2.09. The molecule has 0 spiro atoms.